The maximum atomic E-state index is 11.4. The Balaban J connectivity index is 1.94. The third-order valence-electron chi connectivity index (χ3n) is 2.71. The number of rotatable bonds is 2. The number of para-hydroxylation sites is 1. The number of cyclic esters (lactones) is 1. The van der Waals surface area contributed by atoms with E-state index in [4.69, 9.17) is 9.47 Å². The highest BCUT2D eigenvalue weighted by Crippen LogP contribution is 2.32. The van der Waals surface area contributed by atoms with E-state index >= 15 is 0 Å². The lowest BCUT2D eigenvalue weighted by atomic mass is 10.1. The molecule has 0 aliphatic carbocycles. The molecule has 2 aromatic rings. The lowest BCUT2D eigenvalue weighted by Crippen LogP contribution is -1.93. The summed E-state index contributed by atoms with van der Waals surface area (Å²) in [5.41, 5.74) is 1.22. The minimum Gasteiger partial charge on any atom is -0.457 e. The maximum Gasteiger partial charge on any atom is 0.344 e. The Labute approximate surface area is 104 Å². The quantitative estimate of drug-likeness (QED) is 0.749. The van der Waals surface area contributed by atoms with Gasteiger partial charge in [0, 0.05) is 5.56 Å². The van der Waals surface area contributed by atoms with Crippen LogP contribution in [0.2, 0.25) is 0 Å². The van der Waals surface area contributed by atoms with Crippen LogP contribution in [0.15, 0.2) is 55.1 Å². The highest BCUT2D eigenvalue weighted by molar-refractivity contribution is 6.02. The summed E-state index contributed by atoms with van der Waals surface area (Å²) in [6, 6.07) is 14.6. The SMILES string of the molecule is C=C1OC(=O)c2ccc(Oc3ccccc3)cc21. The molecule has 3 heteroatoms. The predicted octanol–water partition coefficient (Wildman–Crippen LogP) is 3.62. The summed E-state index contributed by atoms with van der Waals surface area (Å²) in [6.07, 6.45) is 0. The van der Waals surface area contributed by atoms with Crippen molar-refractivity contribution in [2.45, 2.75) is 0 Å². The van der Waals surface area contributed by atoms with Crippen LogP contribution in [0.4, 0.5) is 0 Å². The van der Waals surface area contributed by atoms with Gasteiger partial charge in [0.25, 0.3) is 0 Å². The van der Waals surface area contributed by atoms with Gasteiger partial charge in [-0.2, -0.15) is 0 Å². The van der Waals surface area contributed by atoms with E-state index < -0.39 is 0 Å². The van der Waals surface area contributed by atoms with Crippen molar-refractivity contribution in [3.8, 4) is 11.5 Å². The van der Waals surface area contributed by atoms with Gasteiger partial charge >= 0.3 is 5.97 Å². The van der Waals surface area contributed by atoms with Gasteiger partial charge in [0.1, 0.15) is 17.3 Å². The lowest BCUT2D eigenvalue weighted by Gasteiger charge is -2.06. The van der Waals surface area contributed by atoms with Crippen molar-refractivity contribution in [1.82, 2.24) is 0 Å². The van der Waals surface area contributed by atoms with Gasteiger partial charge in [-0.1, -0.05) is 24.8 Å². The molecule has 1 heterocycles. The largest absolute Gasteiger partial charge is 0.457 e. The summed E-state index contributed by atoms with van der Waals surface area (Å²) in [7, 11) is 0. The second-order valence-corrected chi connectivity index (χ2v) is 3.94. The minimum absolute atomic E-state index is 0.360. The third-order valence-corrected chi connectivity index (χ3v) is 2.71. The predicted molar refractivity (Wildman–Crippen MR) is 67.4 cm³/mol. The van der Waals surface area contributed by atoms with E-state index in [0.717, 1.165) is 5.75 Å². The topological polar surface area (TPSA) is 35.5 Å². The molecule has 0 amide bonds. The average Bonchev–Trinajstić information content (AvgIpc) is 2.66. The normalized spacial score (nSPS) is 13.1. The standard InChI is InChI=1S/C15H10O3/c1-10-14-9-12(7-8-13(14)15(16)17-10)18-11-5-3-2-4-6-11/h2-9H,1H2. The van der Waals surface area contributed by atoms with Crippen molar-refractivity contribution >= 4 is 11.7 Å². The zero-order valence-electron chi connectivity index (χ0n) is 9.55. The smallest absolute Gasteiger partial charge is 0.344 e. The van der Waals surface area contributed by atoms with Crippen LogP contribution in [0, 0.1) is 0 Å². The first-order chi connectivity index (χ1) is 8.74. The monoisotopic (exact) mass is 238 g/mol. The molecule has 1 aliphatic rings. The van der Waals surface area contributed by atoms with Crippen LogP contribution in [-0.2, 0) is 4.74 Å². The average molecular weight is 238 g/mol. The van der Waals surface area contributed by atoms with Crippen LogP contribution in [0.25, 0.3) is 5.76 Å². The second kappa shape index (κ2) is 4.04. The Kier molecular flexibility index (Phi) is 2.38. The van der Waals surface area contributed by atoms with Crippen LogP contribution in [0.5, 0.6) is 11.5 Å². The molecule has 0 N–H and O–H groups in total. The molecule has 0 saturated carbocycles. The van der Waals surface area contributed by atoms with Gasteiger partial charge in [-0.25, -0.2) is 4.79 Å². The van der Waals surface area contributed by atoms with Gasteiger partial charge in [-0.3, -0.25) is 0 Å². The second-order valence-electron chi connectivity index (χ2n) is 3.94. The van der Waals surface area contributed by atoms with E-state index in [0.29, 0.717) is 22.6 Å². The Bertz CT molecular complexity index is 629. The van der Waals surface area contributed by atoms with Gasteiger partial charge in [0.2, 0.25) is 0 Å². The van der Waals surface area contributed by atoms with Crippen molar-refractivity contribution in [3.63, 3.8) is 0 Å². The molecule has 0 unspecified atom stereocenters. The maximum absolute atomic E-state index is 11.4. The number of carbonyl (C=O) groups excluding carboxylic acids is 1. The molecule has 3 rings (SSSR count). The van der Waals surface area contributed by atoms with Gasteiger partial charge in [-0.05, 0) is 30.3 Å². The number of hydrogen-bond donors (Lipinski definition) is 0. The van der Waals surface area contributed by atoms with E-state index in [1.54, 1.807) is 18.2 Å². The first-order valence-corrected chi connectivity index (χ1v) is 5.52. The number of hydrogen-bond acceptors (Lipinski definition) is 3. The summed E-state index contributed by atoms with van der Waals surface area (Å²) >= 11 is 0. The number of fused-ring (bicyclic) bond motifs is 1. The van der Waals surface area contributed by atoms with Crippen LogP contribution in [0.3, 0.4) is 0 Å². The molecule has 0 bridgehead atoms. The van der Waals surface area contributed by atoms with Crippen molar-refractivity contribution in [1.29, 1.82) is 0 Å². The molecule has 0 saturated heterocycles. The van der Waals surface area contributed by atoms with E-state index in [2.05, 4.69) is 6.58 Å². The zero-order chi connectivity index (χ0) is 12.5. The Morgan fingerprint density at radius 1 is 0.944 bits per heavy atom. The lowest BCUT2D eigenvalue weighted by molar-refractivity contribution is 0.0716. The minimum atomic E-state index is -0.360. The number of ether oxygens (including phenoxy) is 2. The highest BCUT2D eigenvalue weighted by atomic mass is 16.5. The van der Waals surface area contributed by atoms with Gasteiger partial charge in [0.15, 0.2) is 0 Å². The first kappa shape index (κ1) is 10.6. The zero-order valence-corrected chi connectivity index (χ0v) is 9.55. The first-order valence-electron chi connectivity index (χ1n) is 5.52. The van der Waals surface area contributed by atoms with Crippen molar-refractivity contribution in [3.05, 3.63) is 66.2 Å². The Hall–Kier alpha value is -2.55. The summed E-state index contributed by atoms with van der Waals surface area (Å²) in [4.78, 5) is 11.4. The molecule has 18 heavy (non-hydrogen) atoms. The molecule has 0 atom stereocenters. The van der Waals surface area contributed by atoms with E-state index in [1.165, 1.54) is 0 Å². The molecule has 88 valence electrons. The van der Waals surface area contributed by atoms with Gasteiger partial charge < -0.3 is 9.47 Å². The van der Waals surface area contributed by atoms with Gasteiger partial charge in [-0.15, -0.1) is 0 Å². The molecule has 0 radical (unpaired) electrons. The number of esters is 1. The Morgan fingerprint density at radius 3 is 2.50 bits per heavy atom. The molecular formula is C15H10O3. The molecule has 1 aliphatic heterocycles. The van der Waals surface area contributed by atoms with E-state index in [-0.39, 0.29) is 5.97 Å². The van der Waals surface area contributed by atoms with E-state index in [1.807, 2.05) is 30.3 Å². The van der Waals surface area contributed by atoms with E-state index in [9.17, 15) is 4.79 Å². The summed E-state index contributed by atoms with van der Waals surface area (Å²) in [6.45, 7) is 3.70. The molecule has 2 aromatic carbocycles. The number of carbonyl (C=O) groups is 1. The van der Waals surface area contributed by atoms with Crippen LogP contribution in [0.1, 0.15) is 15.9 Å². The molecule has 0 fully saturated rings. The summed E-state index contributed by atoms with van der Waals surface area (Å²) in [5.74, 6) is 1.41. The summed E-state index contributed by atoms with van der Waals surface area (Å²) in [5, 5.41) is 0. The summed E-state index contributed by atoms with van der Waals surface area (Å²) < 4.78 is 10.6. The molecule has 3 nitrogen and oxygen atoms in total. The van der Waals surface area contributed by atoms with Crippen molar-refractivity contribution < 1.29 is 14.3 Å². The Morgan fingerprint density at radius 2 is 1.72 bits per heavy atom. The van der Waals surface area contributed by atoms with Crippen molar-refractivity contribution in [2.75, 3.05) is 0 Å². The fourth-order valence-electron chi connectivity index (χ4n) is 1.84. The fourth-order valence-corrected chi connectivity index (χ4v) is 1.84. The molecule has 0 aromatic heterocycles. The van der Waals surface area contributed by atoms with Crippen molar-refractivity contribution in [2.24, 2.45) is 0 Å². The molecular weight excluding hydrogens is 228 g/mol. The van der Waals surface area contributed by atoms with Crippen LogP contribution < -0.4 is 4.74 Å². The number of benzene rings is 2. The molecule has 0 spiro atoms. The van der Waals surface area contributed by atoms with Crippen LogP contribution >= 0.6 is 0 Å². The fraction of sp³-hybridized carbons (Fsp3) is 0. The van der Waals surface area contributed by atoms with Crippen LogP contribution in [-0.4, -0.2) is 5.97 Å². The van der Waals surface area contributed by atoms with Gasteiger partial charge in [0.05, 0.1) is 5.56 Å². The third kappa shape index (κ3) is 1.76. The highest BCUT2D eigenvalue weighted by Gasteiger charge is 2.25.